The average Bonchev–Trinajstić information content (AvgIpc) is 2.97. The zero-order valence-corrected chi connectivity index (χ0v) is 30.4. The maximum atomic E-state index is 12.1. The predicted molar refractivity (Wildman–Crippen MR) is 169 cm³/mol. The number of thioether (sulfide) groups is 2. The Morgan fingerprint density at radius 1 is 0.400 bits per heavy atom. The van der Waals surface area contributed by atoms with Crippen LogP contribution in [0.3, 0.4) is 0 Å². The summed E-state index contributed by atoms with van der Waals surface area (Å²) in [7, 11) is 0. The van der Waals surface area contributed by atoms with Gasteiger partial charge < -0.3 is 47.4 Å². The Kier molecular flexibility index (Phi) is 17.3. The number of ether oxygens (including phenoxy) is 10. The molecule has 0 amide bonds. The van der Waals surface area contributed by atoms with Crippen LogP contribution in [-0.2, 0) is 85.7 Å². The molecule has 50 heavy (non-hydrogen) atoms. The first-order valence-corrected chi connectivity index (χ1v) is 17.3. The Hall–Kier alpha value is -3.62. The Morgan fingerprint density at radius 2 is 0.660 bits per heavy atom. The van der Waals surface area contributed by atoms with Gasteiger partial charge >= 0.3 is 47.8 Å². The first kappa shape index (κ1) is 42.5. The van der Waals surface area contributed by atoms with E-state index < -0.39 is 121 Å². The number of carbonyl (C=O) groups is 8. The zero-order chi connectivity index (χ0) is 37.7. The van der Waals surface area contributed by atoms with Crippen LogP contribution in [0.5, 0.6) is 0 Å². The van der Waals surface area contributed by atoms with Crippen LogP contribution in [0.15, 0.2) is 0 Å². The lowest BCUT2D eigenvalue weighted by Crippen LogP contribution is -2.61. The third-order valence-electron chi connectivity index (χ3n) is 6.54. The summed E-state index contributed by atoms with van der Waals surface area (Å²) in [5.74, 6) is -5.52. The largest absolute Gasteiger partial charge is 0.463 e. The van der Waals surface area contributed by atoms with Gasteiger partial charge in [0, 0.05) is 66.9 Å². The number of hydrogen-bond donors (Lipinski definition) is 0. The minimum Gasteiger partial charge on any atom is -0.463 e. The van der Waals surface area contributed by atoms with Crippen LogP contribution < -0.4 is 0 Å². The molecule has 0 aromatic heterocycles. The van der Waals surface area contributed by atoms with Crippen molar-refractivity contribution < 1.29 is 85.7 Å². The highest BCUT2D eigenvalue weighted by Gasteiger charge is 2.54. The molecule has 0 spiro atoms. The van der Waals surface area contributed by atoms with E-state index in [9.17, 15) is 38.4 Å². The van der Waals surface area contributed by atoms with E-state index in [1.807, 2.05) is 0 Å². The third kappa shape index (κ3) is 13.9. The molecule has 0 N–H and O–H groups in total. The highest BCUT2D eigenvalue weighted by molar-refractivity contribution is 8.03. The molecule has 0 unspecified atom stereocenters. The van der Waals surface area contributed by atoms with Gasteiger partial charge in [-0.1, -0.05) is 0 Å². The van der Waals surface area contributed by atoms with Crippen LogP contribution in [0.25, 0.3) is 0 Å². The third-order valence-corrected chi connectivity index (χ3v) is 9.10. The van der Waals surface area contributed by atoms with Crippen molar-refractivity contribution in [2.45, 2.75) is 115 Å². The maximum absolute atomic E-state index is 12.1. The van der Waals surface area contributed by atoms with Gasteiger partial charge in [-0.25, -0.2) is 0 Å². The van der Waals surface area contributed by atoms with Crippen LogP contribution in [0.4, 0.5) is 0 Å². The van der Waals surface area contributed by atoms with Crippen LogP contribution in [0, 0.1) is 0 Å². The van der Waals surface area contributed by atoms with Crippen molar-refractivity contribution in [3.8, 4) is 0 Å². The molecule has 0 aromatic carbocycles. The fourth-order valence-corrected chi connectivity index (χ4v) is 7.45. The lowest BCUT2D eigenvalue weighted by molar-refractivity contribution is -0.237. The molecule has 2 fully saturated rings. The van der Waals surface area contributed by atoms with E-state index in [1.165, 1.54) is 0 Å². The zero-order valence-electron chi connectivity index (χ0n) is 28.8. The normalized spacial score (nSPS) is 29.0. The first-order valence-electron chi connectivity index (χ1n) is 15.2. The molecule has 18 nitrogen and oxygen atoms in total. The molecule has 10 atom stereocenters. The molecule has 2 heterocycles. The van der Waals surface area contributed by atoms with E-state index in [4.69, 9.17) is 47.4 Å². The van der Waals surface area contributed by atoms with Crippen LogP contribution in [0.2, 0.25) is 0 Å². The van der Waals surface area contributed by atoms with Gasteiger partial charge in [0.15, 0.2) is 36.6 Å². The van der Waals surface area contributed by atoms with Gasteiger partial charge in [0.05, 0.1) is 0 Å². The van der Waals surface area contributed by atoms with Crippen LogP contribution >= 0.6 is 23.5 Å². The standard InChI is InChI=1S/C30H42O18S2/c1-13(31)39-11-21-23(41-15(3)33)25(43-17(5)35)27(45-19(7)37)29(47-21)49-9-10-50-30-28(46-20(8)38)26(44-18(6)36)24(42-16(4)34)22(48-30)12-40-14(2)32/h21-30H,9-12H2,1-8H3/t21-,22-,23-,24-,25+,26+,27-,28-,29+,30+/m1/s1. The predicted octanol–water partition coefficient (Wildman–Crippen LogP) is 0.619. The van der Waals surface area contributed by atoms with E-state index in [0.29, 0.717) is 0 Å². The molecule has 282 valence electrons. The SMILES string of the molecule is CC(=O)OC[C@H]1O[C@@H](SCCS[C@@H]2O[C@H](COC(C)=O)[C@@H](OC(C)=O)[C@H](OC(C)=O)[C@H]2OC(C)=O)[C@H](OC(C)=O)[C@@H](OC(C)=O)[C@@H]1OC(C)=O. The molecule has 20 heteroatoms. The molecule has 2 aliphatic rings. The summed E-state index contributed by atoms with van der Waals surface area (Å²) < 4.78 is 55.0. The highest BCUT2D eigenvalue weighted by Crippen LogP contribution is 2.37. The number of carbonyl (C=O) groups excluding carboxylic acids is 8. The number of rotatable bonds is 15. The maximum Gasteiger partial charge on any atom is 0.303 e. The summed E-state index contributed by atoms with van der Waals surface area (Å²) in [6.07, 6.45) is -10.2. The summed E-state index contributed by atoms with van der Waals surface area (Å²) in [6, 6.07) is 0. The first-order chi connectivity index (χ1) is 23.4. The van der Waals surface area contributed by atoms with E-state index in [1.54, 1.807) is 0 Å². The Balaban J connectivity index is 2.36. The monoisotopic (exact) mass is 754 g/mol. The van der Waals surface area contributed by atoms with E-state index in [0.717, 1.165) is 78.9 Å². The summed E-state index contributed by atoms with van der Waals surface area (Å²) in [5, 5.41) is 0. The summed E-state index contributed by atoms with van der Waals surface area (Å²) in [4.78, 5) is 95.7. The van der Waals surface area contributed by atoms with Gasteiger partial charge in [-0.15, -0.1) is 23.5 Å². The van der Waals surface area contributed by atoms with Crippen molar-refractivity contribution in [3.63, 3.8) is 0 Å². The summed E-state index contributed by atoms with van der Waals surface area (Å²) in [5.41, 5.74) is -2.10. The van der Waals surface area contributed by atoms with Gasteiger partial charge in [-0.05, 0) is 0 Å². The van der Waals surface area contributed by atoms with E-state index in [2.05, 4.69) is 0 Å². The highest BCUT2D eigenvalue weighted by atomic mass is 32.2. The topological polar surface area (TPSA) is 229 Å². The molecule has 0 saturated carbocycles. The van der Waals surface area contributed by atoms with Gasteiger partial charge in [-0.3, -0.25) is 38.4 Å². The number of hydrogen-bond acceptors (Lipinski definition) is 20. The Bertz CT molecular complexity index is 1160. The van der Waals surface area contributed by atoms with E-state index in [-0.39, 0.29) is 11.5 Å². The molecule has 2 rings (SSSR count). The van der Waals surface area contributed by atoms with Crippen molar-refractivity contribution in [3.05, 3.63) is 0 Å². The molecule has 0 radical (unpaired) electrons. The lowest BCUT2D eigenvalue weighted by atomic mass is 9.99. The van der Waals surface area contributed by atoms with Gasteiger partial charge in [0.25, 0.3) is 0 Å². The second-order valence-corrected chi connectivity index (χ2v) is 13.3. The summed E-state index contributed by atoms with van der Waals surface area (Å²) in [6.45, 7) is 8.22. The molecule has 0 bridgehead atoms. The second kappa shape index (κ2) is 20.3. The molecule has 0 aliphatic carbocycles. The molecular formula is C30H42O18S2. The van der Waals surface area contributed by atoms with E-state index >= 15 is 0 Å². The van der Waals surface area contributed by atoms with Gasteiger partial charge in [-0.2, -0.15) is 0 Å². The molecule has 2 aliphatic heterocycles. The second-order valence-electron chi connectivity index (χ2n) is 10.9. The van der Waals surface area contributed by atoms with Crippen molar-refractivity contribution in [1.29, 1.82) is 0 Å². The van der Waals surface area contributed by atoms with Crippen molar-refractivity contribution >= 4 is 71.3 Å². The quantitative estimate of drug-likeness (QED) is 0.127. The minimum absolute atomic E-state index is 0.200. The van der Waals surface area contributed by atoms with Crippen LogP contribution in [-0.4, -0.2) is 132 Å². The summed E-state index contributed by atoms with van der Waals surface area (Å²) >= 11 is 2.19. The minimum atomic E-state index is -1.35. The molecular weight excluding hydrogens is 712 g/mol. The Labute approximate surface area is 296 Å². The van der Waals surface area contributed by atoms with Crippen molar-refractivity contribution in [2.24, 2.45) is 0 Å². The fourth-order valence-electron chi connectivity index (χ4n) is 4.97. The molecule has 2 saturated heterocycles. The number of esters is 8. The van der Waals surface area contributed by atoms with Gasteiger partial charge in [0.1, 0.15) is 36.3 Å². The lowest BCUT2D eigenvalue weighted by Gasteiger charge is -2.44. The van der Waals surface area contributed by atoms with Crippen LogP contribution in [0.1, 0.15) is 55.4 Å². The Morgan fingerprint density at radius 3 is 0.920 bits per heavy atom. The fraction of sp³-hybridized carbons (Fsp3) is 0.733. The van der Waals surface area contributed by atoms with Gasteiger partial charge in [0.2, 0.25) is 0 Å². The van der Waals surface area contributed by atoms with Crippen molar-refractivity contribution in [1.82, 2.24) is 0 Å². The molecule has 0 aromatic rings. The van der Waals surface area contributed by atoms with Crippen molar-refractivity contribution in [2.75, 3.05) is 24.7 Å². The smallest absolute Gasteiger partial charge is 0.303 e. The average molecular weight is 755 g/mol.